The van der Waals surface area contributed by atoms with E-state index in [9.17, 15) is 18.0 Å². The number of carboxylic acid groups (broad SMARTS) is 1. The summed E-state index contributed by atoms with van der Waals surface area (Å²) in [5.74, 6) is -1.14. The zero-order chi connectivity index (χ0) is 15.1. The smallest absolute Gasteiger partial charge is 0.416 e. The summed E-state index contributed by atoms with van der Waals surface area (Å²) in [5, 5.41) is 8.98. The van der Waals surface area contributed by atoms with Crippen LogP contribution < -0.4 is 5.73 Å². The van der Waals surface area contributed by atoms with E-state index in [0.29, 0.717) is 16.0 Å². The number of carbonyl (C=O) groups is 1. The first-order chi connectivity index (χ1) is 9.21. The summed E-state index contributed by atoms with van der Waals surface area (Å²) in [6.45, 7) is 1.64. The second-order valence-corrected chi connectivity index (χ2v) is 5.20. The highest BCUT2D eigenvalue weighted by Crippen LogP contribution is 2.39. The number of nitrogen functional groups attached to an aromatic ring is 1. The highest BCUT2D eigenvalue weighted by Gasteiger charge is 2.30. The SMILES string of the molecule is Cc1c(-c2ccc(C(F)(F)F)cc2)sc(C(=O)O)c1N. The van der Waals surface area contributed by atoms with Crippen LogP contribution in [0.2, 0.25) is 0 Å². The monoisotopic (exact) mass is 301 g/mol. The Morgan fingerprint density at radius 1 is 1.25 bits per heavy atom. The van der Waals surface area contributed by atoms with Crippen LogP contribution in [0.25, 0.3) is 10.4 Å². The van der Waals surface area contributed by atoms with Gasteiger partial charge >= 0.3 is 12.1 Å². The summed E-state index contributed by atoms with van der Waals surface area (Å²) in [4.78, 5) is 11.5. The zero-order valence-corrected chi connectivity index (χ0v) is 11.1. The third-order valence-electron chi connectivity index (χ3n) is 2.86. The first-order valence-electron chi connectivity index (χ1n) is 5.51. The number of anilines is 1. The lowest BCUT2D eigenvalue weighted by Crippen LogP contribution is -2.03. The molecule has 0 radical (unpaired) electrons. The summed E-state index contributed by atoms with van der Waals surface area (Å²) in [6, 6.07) is 4.55. The van der Waals surface area contributed by atoms with Crippen LogP contribution in [0.15, 0.2) is 24.3 Å². The van der Waals surface area contributed by atoms with Crippen molar-refractivity contribution < 1.29 is 23.1 Å². The van der Waals surface area contributed by atoms with Crippen molar-refractivity contribution in [2.45, 2.75) is 13.1 Å². The molecule has 1 heterocycles. The largest absolute Gasteiger partial charge is 0.477 e. The Morgan fingerprint density at radius 2 is 1.80 bits per heavy atom. The summed E-state index contributed by atoms with van der Waals surface area (Å²) in [6.07, 6.45) is -4.39. The van der Waals surface area contributed by atoms with Crippen molar-refractivity contribution >= 4 is 23.0 Å². The molecule has 20 heavy (non-hydrogen) atoms. The highest BCUT2D eigenvalue weighted by molar-refractivity contribution is 7.18. The van der Waals surface area contributed by atoms with E-state index in [2.05, 4.69) is 0 Å². The van der Waals surface area contributed by atoms with Gasteiger partial charge in [0, 0.05) is 4.88 Å². The molecule has 0 aliphatic heterocycles. The summed E-state index contributed by atoms with van der Waals surface area (Å²) >= 11 is 0.955. The molecule has 2 aromatic rings. The summed E-state index contributed by atoms with van der Waals surface area (Å²) in [5.41, 5.74) is 6.17. The topological polar surface area (TPSA) is 63.3 Å². The first kappa shape index (κ1) is 14.4. The van der Waals surface area contributed by atoms with Crippen LogP contribution in [-0.4, -0.2) is 11.1 Å². The molecule has 7 heteroatoms. The minimum absolute atomic E-state index is 0.00241. The number of hydrogen-bond acceptors (Lipinski definition) is 3. The van der Waals surface area contributed by atoms with Gasteiger partial charge in [0.2, 0.25) is 0 Å². The molecule has 3 nitrogen and oxygen atoms in total. The minimum Gasteiger partial charge on any atom is -0.477 e. The number of thiophene rings is 1. The van der Waals surface area contributed by atoms with Crippen molar-refractivity contribution in [1.82, 2.24) is 0 Å². The van der Waals surface area contributed by atoms with E-state index >= 15 is 0 Å². The number of halogens is 3. The van der Waals surface area contributed by atoms with Crippen LogP contribution in [-0.2, 0) is 6.18 Å². The normalized spacial score (nSPS) is 11.6. The Hall–Kier alpha value is -2.02. The van der Waals surface area contributed by atoms with Crippen LogP contribution >= 0.6 is 11.3 Å². The van der Waals surface area contributed by atoms with Gasteiger partial charge in [-0.25, -0.2) is 4.79 Å². The average molecular weight is 301 g/mol. The van der Waals surface area contributed by atoms with E-state index < -0.39 is 17.7 Å². The van der Waals surface area contributed by atoms with Gasteiger partial charge in [-0.05, 0) is 30.2 Å². The fourth-order valence-electron chi connectivity index (χ4n) is 1.77. The molecular weight excluding hydrogens is 291 g/mol. The Bertz CT molecular complexity index is 659. The maximum absolute atomic E-state index is 12.5. The van der Waals surface area contributed by atoms with Crippen molar-refractivity contribution in [3.05, 3.63) is 40.3 Å². The van der Waals surface area contributed by atoms with Gasteiger partial charge in [0.25, 0.3) is 0 Å². The summed E-state index contributed by atoms with van der Waals surface area (Å²) < 4.78 is 37.4. The Balaban J connectivity index is 2.47. The first-order valence-corrected chi connectivity index (χ1v) is 6.33. The molecule has 0 saturated heterocycles. The van der Waals surface area contributed by atoms with E-state index in [0.717, 1.165) is 23.5 Å². The van der Waals surface area contributed by atoms with Gasteiger partial charge < -0.3 is 10.8 Å². The van der Waals surface area contributed by atoms with Crippen molar-refractivity contribution in [2.75, 3.05) is 5.73 Å². The van der Waals surface area contributed by atoms with Gasteiger partial charge in [-0.3, -0.25) is 0 Å². The Morgan fingerprint density at radius 3 is 2.20 bits per heavy atom. The van der Waals surface area contributed by atoms with E-state index in [1.54, 1.807) is 6.92 Å². The molecule has 0 unspecified atom stereocenters. The maximum atomic E-state index is 12.5. The van der Waals surface area contributed by atoms with Crippen molar-refractivity contribution in [2.24, 2.45) is 0 Å². The quantitative estimate of drug-likeness (QED) is 0.880. The highest BCUT2D eigenvalue weighted by atomic mass is 32.1. The molecule has 3 N–H and O–H groups in total. The Labute approximate surface area is 116 Å². The molecule has 0 aliphatic rings. The molecule has 0 fully saturated rings. The molecule has 2 rings (SSSR count). The lowest BCUT2D eigenvalue weighted by atomic mass is 10.1. The van der Waals surface area contributed by atoms with Crippen molar-refractivity contribution in [1.29, 1.82) is 0 Å². The molecule has 0 saturated carbocycles. The van der Waals surface area contributed by atoms with Gasteiger partial charge in [0.1, 0.15) is 4.88 Å². The minimum atomic E-state index is -4.39. The van der Waals surface area contributed by atoms with Crippen LogP contribution in [0, 0.1) is 6.92 Å². The van der Waals surface area contributed by atoms with Gasteiger partial charge in [0.05, 0.1) is 11.3 Å². The maximum Gasteiger partial charge on any atom is 0.416 e. The number of alkyl halides is 3. The lowest BCUT2D eigenvalue weighted by molar-refractivity contribution is -0.137. The summed E-state index contributed by atoms with van der Waals surface area (Å²) in [7, 11) is 0. The fraction of sp³-hybridized carbons (Fsp3) is 0.154. The molecule has 1 aromatic carbocycles. The number of carboxylic acids is 1. The number of nitrogens with two attached hydrogens (primary N) is 1. The molecule has 1 aromatic heterocycles. The van der Waals surface area contributed by atoms with E-state index in [4.69, 9.17) is 10.8 Å². The standard InChI is InChI=1S/C13H10F3NO2S/c1-6-9(17)11(12(18)19)20-10(6)7-2-4-8(5-3-7)13(14,15)16/h2-5H,17H2,1H3,(H,18,19). The lowest BCUT2D eigenvalue weighted by Gasteiger charge is -2.07. The van der Waals surface area contributed by atoms with Crippen molar-refractivity contribution in [3.8, 4) is 10.4 Å². The Kier molecular flexibility index (Phi) is 3.47. The van der Waals surface area contributed by atoms with E-state index in [1.807, 2.05) is 0 Å². The predicted octanol–water partition coefficient (Wildman–Crippen LogP) is 4.02. The second-order valence-electron chi connectivity index (χ2n) is 4.18. The van der Waals surface area contributed by atoms with E-state index in [-0.39, 0.29) is 10.6 Å². The van der Waals surface area contributed by atoms with Crippen LogP contribution in [0.4, 0.5) is 18.9 Å². The molecule has 106 valence electrons. The predicted molar refractivity (Wildman–Crippen MR) is 70.9 cm³/mol. The third kappa shape index (κ3) is 2.49. The van der Waals surface area contributed by atoms with Crippen LogP contribution in [0.1, 0.15) is 20.8 Å². The fourth-order valence-corrected chi connectivity index (χ4v) is 2.84. The molecule has 0 bridgehead atoms. The van der Waals surface area contributed by atoms with Crippen LogP contribution in [0.3, 0.4) is 0 Å². The van der Waals surface area contributed by atoms with E-state index in [1.165, 1.54) is 12.1 Å². The molecular formula is C13H10F3NO2S. The van der Waals surface area contributed by atoms with Gasteiger partial charge in [-0.15, -0.1) is 11.3 Å². The van der Waals surface area contributed by atoms with Crippen LogP contribution in [0.5, 0.6) is 0 Å². The number of benzene rings is 1. The number of rotatable bonds is 2. The zero-order valence-electron chi connectivity index (χ0n) is 10.3. The molecule has 0 amide bonds. The van der Waals surface area contributed by atoms with Gasteiger partial charge in [-0.1, -0.05) is 12.1 Å². The second kappa shape index (κ2) is 4.82. The molecule has 0 atom stereocenters. The molecule has 0 spiro atoms. The van der Waals surface area contributed by atoms with Gasteiger partial charge in [0.15, 0.2) is 0 Å². The van der Waals surface area contributed by atoms with Gasteiger partial charge in [-0.2, -0.15) is 13.2 Å². The third-order valence-corrected chi connectivity index (χ3v) is 4.21. The average Bonchev–Trinajstić information content (AvgIpc) is 2.66. The van der Waals surface area contributed by atoms with Crippen molar-refractivity contribution in [3.63, 3.8) is 0 Å². The molecule has 0 aliphatic carbocycles. The number of hydrogen-bond donors (Lipinski definition) is 2. The number of aromatic carboxylic acids is 1.